The quantitative estimate of drug-likeness (QED) is 0.684. The molecule has 1 aliphatic rings. The zero-order valence-electron chi connectivity index (χ0n) is 10.3. The molecule has 0 aromatic carbocycles. The number of unbranched alkanes of at least 4 members (excludes halogenated alkanes) is 3. The third kappa shape index (κ3) is 3.34. The first-order valence-corrected chi connectivity index (χ1v) is 6.63. The Kier molecular flexibility index (Phi) is 4.40. The molecule has 1 aliphatic carbocycles. The van der Waals surface area contributed by atoms with Crippen LogP contribution in [-0.4, -0.2) is 16.1 Å². The van der Waals surface area contributed by atoms with E-state index in [1.807, 2.05) is 12.5 Å². The second-order valence-electron chi connectivity index (χ2n) is 4.76. The van der Waals surface area contributed by atoms with Crippen molar-refractivity contribution in [2.75, 3.05) is 6.54 Å². The molecule has 3 heteroatoms. The number of hydrogen-bond donors (Lipinski definition) is 1. The van der Waals surface area contributed by atoms with Crippen LogP contribution < -0.4 is 5.32 Å². The molecule has 1 heterocycles. The van der Waals surface area contributed by atoms with Gasteiger partial charge in [0, 0.05) is 18.8 Å². The molecule has 0 atom stereocenters. The lowest BCUT2D eigenvalue weighted by molar-refractivity contribution is 0.575. The molecule has 0 saturated heterocycles. The number of hydrogen-bond acceptors (Lipinski definition) is 2. The molecule has 90 valence electrons. The predicted octanol–water partition coefficient (Wildman–Crippen LogP) is 2.89. The largest absolute Gasteiger partial charge is 0.330 e. The van der Waals surface area contributed by atoms with Crippen LogP contribution in [0.4, 0.5) is 0 Å². The Labute approximate surface area is 98.3 Å². The molecule has 0 radical (unpaired) electrons. The van der Waals surface area contributed by atoms with E-state index in [0.29, 0.717) is 0 Å². The normalized spacial score (nSPS) is 15.6. The van der Waals surface area contributed by atoms with Crippen molar-refractivity contribution in [1.29, 1.82) is 0 Å². The highest BCUT2D eigenvalue weighted by atomic mass is 15.1. The first-order valence-electron chi connectivity index (χ1n) is 6.63. The fourth-order valence-electron chi connectivity index (χ4n) is 2.04. The molecule has 0 bridgehead atoms. The molecule has 0 aliphatic heterocycles. The van der Waals surface area contributed by atoms with Crippen molar-refractivity contribution in [3.8, 4) is 0 Å². The minimum absolute atomic E-state index is 0.749. The second-order valence-corrected chi connectivity index (χ2v) is 4.76. The van der Waals surface area contributed by atoms with Crippen LogP contribution in [0.25, 0.3) is 0 Å². The zero-order valence-corrected chi connectivity index (χ0v) is 10.3. The van der Waals surface area contributed by atoms with E-state index in [1.54, 1.807) is 0 Å². The number of nitrogens with one attached hydrogen (secondary N) is 1. The fourth-order valence-corrected chi connectivity index (χ4v) is 2.04. The van der Waals surface area contributed by atoms with Gasteiger partial charge in [-0.05, 0) is 25.8 Å². The minimum atomic E-state index is 0.749. The summed E-state index contributed by atoms with van der Waals surface area (Å²) in [5.74, 6) is 0. The van der Waals surface area contributed by atoms with E-state index in [9.17, 15) is 0 Å². The highest BCUT2D eigenvalue weighted by Gasteiger charge is 2.24. The lowest BCUT2D eigenvalue weighted by atomic mass is 10.2. The predicted molar refractivity (Wildman–Crippen MR) is 66.3 cm³/mol. The summed E-state index contributed by atoms with van der Waals surface area (Å²) in [6.07, 6.45) is 12.0. The van der Waals surface area contributed by atoms with Gasteiger partial charge in [0.2, 0.25) is 0 Å². The van der Waals surface area contributed by atoms with Gasteiger partial charge in [0.05, 0.1) is 12.0 Å². The van der Waals surface area contributed by atoms with Crippen molar-refractivity contribution < 1.29 is 0 Å². The van der Waals surface area contributed by atoms with Crippen LogP contribution in [0, 0.1) is 0 Å². The average Bonchev–Trinajstić information content (AvgIpc) is 3.04. The maximum Gasteiger partial charge on any atom is 0.0951 e. The molecule has 16 heavy (non-hydrogen) atoms. The first-order chi connectivity index (χ1) is 7.92. The van der Waals surface area contributed by atoms with Crippen molar-refractivity contribution in [2.45, 2.75) is 58.0 Å². The SMILES string of the molecule is CCCCCCNCc1cncn1C1CC1. The van der Waals surface area contributed by atoms with E-state index in [4.69, 9.17) is 0 Å². The second kappa shape index (κ2) is 6.04. The van der Waals surface area contributed by atoms with E-state index in [2.05, 4.69) is 21.8 Å². The Balaban J connectivity index is 1.63. The smallest absolute Gasteiger partial charge is 0.0951 e. The van der Waals surface area contributed by atoms with Crippen LogP contribution >= 0.6 is 0 Å². The van der Waals surface area contributed by atoms with Gasteiger partial charge in [-0.25, -0.2) is 4.98 Å². The lowest BCUT2D eigenvalue weighted by Crippen LogP contribution is -2.17. The molecular weight excluding hydrogens is 198 g/mol. The summed E-state index contributed by atoms with van der Waals surface area (Å²) in [5.41, 5.74) is 1.35. The summed E-state index contributed by atoms with van der Waals surface area (Å²) >= 11 is 0. The molecule has 1 fully saturated rings. The molecule has 2 rings (SSSR count). The van der Waals surface area contributed by atoms with Crippen LogP contribution in [-0.2, 0) is 6.54 Å². The van der Waals surface area contributed by atoms with Gasteiger partial charge in [-0.3, -0.25) is 0 Å². The summed E-state index contributed by atoms with van der Waals surface area (Å²) < 4.78 is 2.33. The van der Waals surface area contributed by atoms with Gasteiger partial charge in [-0.2, -0.15) is 0 Å². The van der Waals surface area contributed by atoms with Crippen molar-refractivity contribution >= 4 is 0 Å². The summed E-state index contributed by atoms with van der Waals surface area (Å²) in [7, 11) is 0. The van der Waals surface area contributed by atoms with E-state index in [-0.39, 0.29) is 0 Å². The Morgan fingerprint density at radius 3 is 3.00 bits per heavy atom. The number of aromatic nitrogens is 2. The zero-order chi connectivity index (χ0) is 11.2. The highest BCUT2D eigenvalue weighted by Crippen LogP contribution is 2.35. The maximum atomic E-state index is 4.23. The molecule has 0 amide bonds. The molecule has 3 nitrogen and oxygen atoms in total. The van der Waals surface area contributed by atoms with E-state index >= 15 is 0 Å². The van der Waals surface area contributed by atoms with Gasteiger partial charge >= 0.3 is 0 Å². The number of rotatable bonds is 8. The molecule has 1 aromatic rings. The molecular formula is C13H23N3. The van der Waals surface area contributed by atoms with Crippen molar-refractivity contribution in [2.24, 2.45) is 0 Å². The summed E-state index contributed by atoms with van der Waals surface area (Å²) in [5, 5.41) is 3.51. The number of nitrogens with zero attached hydrogens (tertiary/aromatic N) is 2. The monoisotopic (exact) mass is 221 g/mol. The van der Waals surface area contributed by atoms with E-state index in [1.165, 1.54) is 44.2 Å². The Morgan fingerprint density at radius 1 is 1.38 bits per heavy atom. The molecule has 1 saturated carbocycles. The fraction of sp³-hybridized carbons (Fsp3) is 0.769. The van der Waals surface area contributed by atoms with Crippen molar-refractivity contribution in [3.05, 3.63) is 18.2 Å². The Morgan fingerprint density at radius 2 is 2.25 bits per heavy atom. The van der Waals surface area contributed by atoms with Crippen LogP contribution in [0.15, 0.2) is 12.5 Å². The lowest BCUT2D eigenvalue weighted by Gasteiger charge is -2.07. The average molecular weight is 221 g/mol. The molecule has 0 spiro atoms. The Bertz CT molecular complexity index is 302. The highest BCUT2D eigenvalue weighted by molar-refractivity contribution is 5.03. The third-order valence-corrected chi connectivity index (χ3v) is 3.20. The van der Waals surface area contributed by atoms with Crippen LogP contribution in [0.5, 0.6) is 0 Å². The van der Waals surface area contributed by atoms with Crippen LogP contribution in [0.2, 0.25) is 0 Å². The van der Waals surface area contributed by atoms with Gasteiger partial charge in [-0.15, -0.1) is 0 Å². The number of imidazole rings is 1. The van der Waals surface area contributed by atoms with Crippen LogP contribution in [0.3, 0.4) is 0 Å². The standard InChI is InChI=1S/C13H23N3/c1-2-3-4-5-8-14-9-13-10-15-11-16(13)12-6-7-12/h10-12,14H,2-9H2,1H3. The topological polar surface area (TPSA) is 29.9 Å². The van der Waals surface area contributed by atoms with Gasteiger partial charge in [0.15, 0.2) is 0 Å². The minimum Gasteiger partial charge on any atom is -0.330 e. The first kappa shape index (κ1) is 11.6. The van der Waals surface area contributed by atoms with E-state index in [0.717, 1.165) is 19.1 Å². The molecule has 1 N–H and O–H groups in total. The third-order valence-electron chi connectivity index (χ3n) is 3.20. The van der Waals surface area contributed by atoms with E-state index < -0.39 is 0 Å². The van der Waals surface area contributed by atoms with Gasteiger partial charge < -0.3 is 9.88 Å². The van der Waals surface area contributed by atoms with Crippen molar-refractivity contribution in [1.82, 2.24) is 14.9 Å². The van der Waals surface area contributed by atoms with Gasteiger partial charge in [0.1, 0.15) is 0 Å². The molecule has 0 unspecified atom stereocenters. The maximum absolute atomic E-state index is 4.23. The summed E-state index contributed by atoms with van der Waals surface area (Å²) in [6.45, 7) is 4.36. The van der Waals surface area contributed by atoms with Gasteiger partial charge in [0.25, 0.3) is 0 Å². The van der Waals surface area contributed by atoms with Crippen molar-refractivity contribution in [3.63, 3.8) is 0 Å². The summed E-state index contributed by atoms with van der Waals surface area (Å²) in [4.78, 5) is 4.23. The summed E-state index contributed by atoms with van der Waals surface area (Å²) in [6, 6.07) is 0.749. The molecule has 1 aromatic heterocycles. The van der Waals surface area contributed by atoms with Gasteiger partial charge in [-0.1, -0.05) is 26.2 Å². The Hall–Kier alpha value is -0.830. The van der Waals surface area contributed by atoms with Crippen LogP contribution in [0.1, 0.15) is 57.2 Å².